The fraction of sp³-hybridized carbons (Fsp3) is 0.0952. The molecular formula is C21H16N4OS. The fourth-order valence-electron chi connectivity index (χ4n) is 3.41. The van der Waals surface area contributed by atoms with Crippen molar-refractivity contribution in [2.24, 2.45) is 0 Å². The molecule has 0 atom stereocenters. The highest BCUT2D eigenvalue weighted by Gasteiger charge is 2.09. The molecule has 0 saturated heterocycles. The zero-order valence-electron chi connectivity index (χ0n) is 14.4. The zero-order chi connectivity index (χ0) is 18.2. The average molecular weight is 372 g/mol. The van der Waals surface area contributed by atoms with Gasteiger partial charge in [-0.3, -0.25) is 14.3 Å². The van der Waals surface area contributed by atoms with Crippen molar-refractivity contribution in [3.05, 3.63) is 82.6 Å². The van der Waals surface area contributed by atoms with Crippen molar-refractivity contribution in [2.45, 2.75) is 13.0 Å². The quantitative estimate of drug-likeness (QED) is 0.513. The van der Waals surface area contributed by atoms with Crippen LogP contribution in [0, 0.1) is 0 Å². The van der Waals surface area contributed by atoms with Crippen molar-refractivity contribution in [1.82, 2.24) is 19.5 Å². The van der Waals surface area contributed by atoms with E-state index in [1.165, 1.54) is 10.9 Å². The van der Waals surface area contributed by atoms with E-state index in [1.807, 2.05) is 42.7 Å². The molecule has 27 heavy (non-hydrogen) atoms. The van der Waals surface area contributed by atoms with Gasteiger partial charge in [-0.2, -0.15) is 0 Å². The number of thiazole rings is 1. The largest absolute Gasteiger partial charge is 0.361 e. The first kappa shape index (κ1) is 16.0. The highest BCUT2D eigenvalue weighted by Crippen LogP contribution is 2.25. The third-order valence-electron chi connectivity index (χ3n) is 4.84. The molecule has 0 unspecified atom stereocenters. The number of fused-ring (bicyclic) bond motifs is 2. The van der Waals surface area contributed by atoms with Crippen molar-refractivity contribution >= 4 is 33.1 Å². The molecule has 1 N–H and O–H groups in total. The van der Waals surface area contributed by atoms with Gasteiger partial charge in [-0.05, 0) is 35.7 Å². The Morgan fingerprint density at radius 1 is 1.11 bits per heavy atom. The first-order valence-corrected chi connectivity index (χ1v) is 9.60. The van der Waals surface area contributed by atoms with Crippen LogP contribution >= 0.6 is 11.3 Å². The van der Waals surface area contributed by atoms with E-state index in [2.05, 4.69) is 27.1 Å². The summed E-state index contributed by atoms with van der Waals surface area (Å²) in [4.78, 5) is 25.9. The van der Waals surface area contributed by atoms with Crippen LogP contribution in [0.4, 0.5) is 0 Å². The molecule has 0 amide bonds. The van der Waals surface area contributed by atoms with Gasteiger partial charge in [-0.15, -0.1) is 11.3 Å². The van der Waals surface area contributed by atoms with Gasteiger partial charge in [-0.25, -0.2) is 4.98 Å². The minimum Gasteiger partial charge on any atom is -0.361 e. The van der Waals surface area contributed by atoms with Gasteiger partial charge < -0.3 is 4.98 Å². The molecule has 5 aromatic rings. The summed E-state index contributed by atoms with van der Waals surface area (Å²) in [6.45, 7) is 0.592. The average Bonchev–Trinajstić information content (AvgIpc) is 3.38. The van der Waals surface area contributed by atoms with Crippen molar-refractivity contribution < 1.29 is 0 Å². The lowest BCUT2D eigenvalue weighted by Crippen LogP contribution is -2.21. The lowest BCUT2D eigenvalue weighted by molar-refractivity contribution is 0.664. The SMILES string of the molecule is O=c1c2cc(-c3cncs3)ccc2ncn1CCc1c[nH]c2ccccc12. The third kappa shape index (κ3) is 2.84. The van der Waals surface area contributed by atoms with E-state index in [9.17, 15) is 4.79 Å². The standard InChI is InChI=1S/C21H16N4OS/c26-21-17-9-14(20-11-22-13-27-20)5-6-19(17)24-12-25(21)8-7-15-10-23-18-4-2-1-3-16(15)18/h1-6,9-13,23H,7-8H2. The highest BCUT2D eigenvalue weighted by molar-refractivity contribution is 7.13. The second-order valence-electron chi connectivity index (χ2n) is 6.45. The Kier molecular flexibility index (Phi) is 3.83. The van der Waals surface area contributed by atoms with Crippen LogP contribution in [0.15, 0.2) is 71.5 Å². The maximum atomic E-state index is 13.0. The Morgan fingerprint density at radius 2 is 2.04 bits per heavy atom. The Hall–Kier alpha value is -3.25. The Balaban J connectivity index is 1.50. The summed E-state index contributed by atoms with van der Waals surface area (Å²) in [7, 11) is 0. The van der Waals surface area contributed by atoms with Gasteiger partial charge in [0.25, 0.3) is 5.56 Å². The number of hydrogen-bond acceptors (Lipinski definition) is 4. The molecule has 132 valence electrons. The van der Waals surface area contributed by atoms with E-state index in [0.29, 0.717) is 11.9 Å². The normalized spacial score (nSPS) is 11.4. The summed E-state index contributed by atoms with van der Waals surface area (Å²) in [6, 6.07) is 14.0. The van der Waals surface area contributed by atoms with Gasteiger partial charge in [0.05, 0.1) is 27.6 Å². The molecule has 5 rings (SSSR count). The molecule has 2 aromatic carbocycles. The Labute approximate surface area is 159 Å². The number of nitrogens with one attached hydrogen (secondary N) is 1. The third-order valence-corrected chi connectivity index (χ3v) is 5.66. The number of benzene rings is 2. The number of nitrogens with zero attached hydrogens (tertiary/aromatic N) is 3. The van der Waals surface area contributed by atoms with Gasteiger partial charge >= 0.3 is 0 Å². The number of para-hydroxylation sites is 1. The van der Waals surface area contributed by atoms with Gasteiger partial charge in [0, 0.05) is 29.8 Å². The minimum absolute atomic E-state index is 0.00814. The molecule has 6 heteroatoms. The Bertz CT molecular complexity index is 1300. The summed E-state index contributed by atoms with van der Waals surface area (Å²) in [6.07, 6.45) is 6.25. The maximum absolute atomic E-state index is 13.0. The summed E-state index contributed by atoms with van der Waals surface area (Å²) >= 11 is 1.56. The van der Waals surface area contributed by atoms with Gasteiger partial charge in [0.1, 0.15) is 0 Å². The highest BCUT2D eigenvalue weighted by atomic mass is 32.1. The number of H-pyrrole nitrogens is 1. The molecule has 3 aromatic heterocycles. The Morgan fingerprint density at radius 3 is 2.93 bits per heavy atom. The molecule has 0 aliphatic heterocycles. The van der Waals surface area contributed by atoms with Crippen LogP contribution in [0.2, 0.25) is 0 Å². The second kappa shape index (κ2) is 6.48. The van der Waals surface area contributed by atoms with Gasteiger partial charge in [0.2, 0.25) is 0 Å². The number of aryl methyl sites for hydroxylation is 2. The first-order valence-electron chi connectivity index (χ1n) is 8.73. The summed E-state index contributed by atoms with van der Waals surface area (Å²) < 4.78 is 1.69. The van der Waals surface area contributed by atoms with Gasteiger partial charge in [0.15, 0.2) is 0 Å². The molecule has 5 nitrogen and oxygen atoms in total. The van der Waals surface area contributed by atoms with Crippen LogP contribution in [0.1, 0.15) is 5.56 Å². The van der Waals surface area contributed by atoms with E-state index >= 15 is 0 Å². The van der Waals surface area contributed by atoms with Crippen molar-refractivity contribution in [1.29, 1.82) is 0 Å². The second-order valence-corrected chi connectivity index (χ2v) is 7.34. The molecular weight excluding hydrogens is 356 g/mol. The molecule has 3 heterocycles. The first-order chi connectivity index (χ1) is 13.3. The van der Waals surface area contributed by atoms with Crippen LogP contribution in [0.25, 0.3) is 32.2 Å². The van der Waals surface area contributed by atoms with E-state index in [0.717, 1.165) is 27.9 Å². The summed E-state index contributed by atoms with van der Waals surface area (Å²) in [5, 5.41) is 1.84. The van der Waals surface area contributed by atoms with E-state index in [-0.39, 0.29) is 5.56 Å². The molecule has 0 spiro atoms. The molecule has 0 saturated carbocycles. The van der Waals surface area contributed by atoms with Crippen LogP contribution in [0.3, 0.4) is 0 Å². The minimum atomic E-state index is -0.00814. The van der Waals surface area contributed by atoms with Crippen molar-refractivity contribution in [3.63, 3.8) is 0 Å². The van der Waals surface area contributed by atoms with Gasteiger partial charge in [-0.1, -0.05) is 24.3 Å². The maximum Gasteiger partial charge on any atom is 0.261 e. The molecule has 0 aliphatic carbocycles. The number of rotatable bonds is 4. The predicted molar refractivity (Wildman–Crippen MR) is 109 cm³/mol. The van der Waals surface area contributed by atoms with Crippen LogP contribution < -0.4 is 5.56 Å². The zero-order valence-corrected chi connectivity index (χ0v) is 15.2. The topological polar surface area (TPSA) is 63.6 Å². The molecule has 0 bridgehead atoms. The van der Waals surface area contributed by atoms with E-state index in [4.69, 9.17) is 0 Å². The molecule has 0 aliphatic rings. The van der Waals surface area contributed by atoms with Crippen LogP contribution in [-0.4, -0.2) is 19.5 Å². The summed E-state index contributed by atoms with van der Waals surface area (Å²) in [5.74, 6) is 0. The van der Waals surface area contributed by atoms with E-state index in [1.54, 1.807) is 27.7 Å². The van der Waals surface area contributed by atoms with Crippen molar-refractivity contribution in [2.75, 3.05) is 0 Å². The van der Waals surface area contributed by atoms with Crippen LogP contribution in [-0.2, 0) is 13.0 Å². The monoisotopic (exact) mass is 372 g/mol. The smallest absolute Gasteiger partial charge is 0.261 e. The predicted octanol–water partition coefficient (Wildman–Crippen LogP) is 4.24. The fourth-order valence-corrected chi connectivity index (χ4v) is 4.03. The summed E-state index contributed by atoms with van der Waals surface area (Å²) in [5.41, 5.74) is 5.82. The van der Waals surface area contributed by atoms with Crippen LogP contribution in [0.5, 0.6) is 0 Å². The number of hydrogen-bond donors (Lipinski definition) is 1. The lowest BCUT2D eigenvalue weighted by Gasteiger charge is -2.07. The number of aromatic nitrogens is 4. The number of aromatic amines is 1. The molecule has 0 radical (unpaired) electrons. The molecule has 0 fully saturated rings. The lowest BCUT2D eigenvalue weighted by atomic mass is 10.1. The van der Waals surface area contributed by atoms with E-state index < -0.39 is 0 Å². The van der Waals surface area contributed by atoms with Crippen molar-refractivity contribution in [3.8, 4) is 10.4 Å².